The summed E-state index contributed by atoms with van der Waals surface area (Å²) in [5, 5.41) is 17.3. The number of nitrogens with zero attached hydrogens (tertiary/aromatic N) is 3. The van der Waals surface area contributed by atoms with Crippen molar-refractivity contribution in [3.05, 3.63) is 18.2 Å². The van der Waals surface area contributed by atoms with E-state index >= 15 is 0 Å². The summed E-state index contributed by atoms with van der Waals surface area (Å²) in [4.78, 5) is 65.6. The van der Waals surface area contributed by atoms with Crippen LogP contribution in [0.5, 0.6) is 0 Å². The average Bonchev–Trinajstić information content (AvgIpc) is 3.39. The van der Waals surface area contributed by atoms with E-state index in [0.29, 0.717) is 18.5 Å². The number of nitrogens with two attached hydrogens (primary N) is 5. The summed E-state index contributed by atoms with van der Waals surface area (Å²) in [5.41, 5.74) is 28.1. The Balaban J connectivity index is 3.07. The van der Waals surface area contributed by atoms with Crippen molar-refractivity contribution in [3.63, 3.8) is 0 Å². The summed E-state index contributed by atoms with van der Waals surface area (Å²) in [7, 11) is 0. The Labute approximate surface area is 238 Å². The molecule has 1 aromatic heterocycles. The van der Waals surface area contributed by atoms with Crippen molar-refractivity contribution in [3.8, 4) is 0 Å². The largest absolute Gasteiger partial charge is 0.480 e. The van der Waals surface area contributed by atoms with Gasteiger partial charge in [-0.15, -0.1) is 0 Å². The van der Waals surface area contributed by atoms with Crippen molar-refractivity contribution in [2.24, 2.45) is 44.6 Å². The first-order chi connectivity index (χ1) is 19.3. The third-order valence-corrected chi connectivity index (χ3v) is 5.81. The zero-order chi connectivity index (χ0) is 30.9. The molecule has 1 heterocycles. The predicted molar refractivity (Wildman–Crippen MR) is 153 cm³/mol. The van der Waals surface area contributed by atoms with Crippen LogP contribution in [0.2, 0.25) is 0 Å². The number of carboxylic acid groups (broad SMARTS) is 1. The zero-order valence-corrected chi connectivity index (χ0v) is 23.5. The van der Waals surface area contributed by atoms with Crippen molar-refractivity contribution in [2.75, 3.05) is 13.1 Å². The van der Waals surface area contributed by atoms with Crippen molar-refractivity contribution in [1.29, 1.82) is 0 Å². The molecule has 0 spiro atoms. The summed E-state index contributed by atoms with van der Waals surface area (Å²) in [6, 6.07) is -4.38. The molecule has 4 atom stereocenters. The maximum absolute atomic E-state index is 13.4. The maximum Gasteiger partial charge on any atom is 0.326 e. The highest BCUT2D eigenvalue weighted by atomic mass is 16.4. The highest BCUT2D eigenvalue weighted by Gasteiger charge is 2.30. The molecule has 1 aromatic rings. The van der Waals surface area contributed by atoms with Crippen LogP contribution in [0.3, 0.4) is 0 Å². The van der Waals surface area contributed by atoms with E-state index in [4.69, 9.17) is 28.7 Å². The second-order valence-corrected chi connectivity index (χ2v) is 9.94. The molecule has 0 aliphatic carbocycles. The smallest absolute Gasteiger partial charge is 0.326 e. The minimum atomic E-state index is -1.20. The average molecular weight is 581 g/mol. The van der Waals surface area contributed by atoms with Gasteiger partial charge in [-0.25, -0.2) is 9.78 Å². The number of carbonyl (C=O) groups is 4. The Morgan fingerprint density at radius 3 is 1.78 bits per heavy atom. The van der Waals surface area contributed by atoms with Gasteiger partial charge in [-0.1, -0.05) is 13.8 Å². The van der Waals surface area contributed by atoms with E-state index in [1.54, 1.807) is 0 Å². The van der Waals surface area contributed by atoms with Gasteiger partial charge in [0.05, 0.1) is 12.4 Å². The fourth-order valence-electron chi connectivity index (χ4n) is 3.79. The van der Waals surface area contributed by atoms with Gasteiger partial charge < -0.3 is 54.7 Å². The van der Waals surface area contributed by atoms with Crippen LogP contribution < -0.4 is 44.6 Å². The predicted octanol–water partition coefficient (Wildman–Crippen LogP) is -3.03. The normalized spacial score (nSPS) is 13.8. The molecular formula is C24H44N12O5. The lowest BCUT2D eigenvalue weighted by atomic mass is 10.0. The number of carbonyl (C=O) groups excluding carboxylic acids is 3. The molecular weight excluding hydrogens is 536 g/mol. The lowest BCUT2D eigenvalue weighted by molar-refractivity contribution is -0.142. The quantitative estimate of drug-likeness (QED) is 0.0445. The molecule has 0 saturated heterocycles. The summed E-state index contributed by atoms with van der Waals surface area (Å²) in [6.07, 6.45) is 4.16. The molecule has 230 valence electrons. The van der Waals surface area contributed by atoms with Gasteiger partial charge in [0.25, 0.3) is 0 Å². The van der Waals surface area contributed by atoms with Gasteiger partial charge in [0.15, 0.2) is 11.9 Å². The Hall–Kier alpha value is -4.41. The summed E-state index contributed by atoms with van der Waals surface area (Å²) in [6.45, 7) is 4.02. The molecule has 0 radical (unpaired) electrons. The first kappa shape index (κ1) is 34.6. The minimum Gasteiger partial charge on any atom is -0.480 e. The number of H-pyrrole nitrogens is 1. The highest BCUT2D eigenvalue weighted by Crippen LogP contribution is 2.08. The van der Waals surface area contributed by atoms with Crippen molar-refractivity contribution in [2.45, 2.75) is 76.5 Å². The number of hydrogen-bond donors (Lipinski definition) is 10. The molecule has 0 aromatic carbocycles. The molecule has 17 heteroatoms. The number of guanidine groups is 2. The summed E-state index contributed by atoms with van der Waals surface area (Å²) in [5.74, 6) is -3.43. The molecule has 15 N–H and O–H groups in total. The summed E-state index contributed by atoms with van der Waals surface area (Å²) >= 11 is 0. The third kappa shape index (κ3) is 14.5. The van der Waals surface area contributed by atoms with Crippen LogP contribution in [0.1, 0.15) is 51.6 Å². The van der Waals surface area contributed by atoms with Crippen LogP contribution in [0.15, 0.2) is 22.5 Å². The number of aromatic amines is 1. The number of amides is 3. The molecule has 4 unspecified atom stereocenters. The van der Waals surface area contributed by atoms with Gasteiger partial charge in [0.1, 0.15) is 18.1 Å². The van der Waals surface area contributed by atoms with E-state index in [0.717, 1.165) is 0 Å². The van der Waals surface area contributed by atoms with Crippen molar-refractivity contribution < 1.29 is 24.3 Å². The van der Waals surface area contributed by atoms with E-state index in [1.807, 2.05) is 13.8 Å². The van der Waals surface area contributed by atoms with Gasteiger partial charge in [-0.2, -0.15) is 0 Å². The zero-order valence-electron chi connectivity index (χ0n) is 23.5. The molecule has 17 nitrogen and oxygen atoms in total. The SMILES string of the molecule is CC(C)CC(NC(=O)C(CCCN=C(N)N)NC(=O)C(CCCN=C(N)N)NC(=O)C(N)Cc1cnc[nH]1)C(=O)O. The molecule has 0 aliphatic heterocycles. The molecule has 0 bridgehead atoms. The molecule has 3 amide bonds. The Kier molecular flexibility index (Phi) is 15.2. The van der Waals surface area contributed by atoms with Crippen LogP contribution in [0, 0.1) is 5.92 Å². The van der Waals surface area contributed by atoms with Gasteiger partial charge in [-0.3, -0.25) is 24.4 Å². The maximum atomic E-state index is 13.4. The molecule has 0 aliphatic rings. The molecule has 0 saturated carbocycles. The lowest BCUT2D eigenvalue weighted by Gasteiger charge is -2.25. The van der Waals surface area contributed by atoms with Gasteiger partial charge in [0.2, 0.25) is 17.7 Å². The number of nitrogens with one attached hydrogen (secondary N) is 4. The fraction of sp³-hybridized carbons (Fsp3) is 0.625. The second-order valence-electron chi connectivity index (χ2n) is 9.94. The van der Waals surface area contributed by atoms with Crippen LogP contribution in [-0.4, -0.2) is 87.9 Å². The lowest BCUT2D eigenvalue weighted by Crippen LogP contribution is -2.57. The fourth-order valence-corrected chi connectivity index (χ4v) is 3.79. The Morgan fingerprint density at radius 1 is 0.878 bits per heavy atom. The van der Waals surface area contributed by atoms with E-state index in [9.17, 15) is 24.3 Å². The highest BCUT2D eigenvalue weighted by molar-refractivity contribution is 5.94. The van der Waals surface area contributed by atoms with Crippen molar-refractivity contribution in [1.82, 2.24) is 25.9 Å². The van der Waals surface area contributed by atoms with Crippen LogP contribution in [0.4, 0.5) is 0 Å². The standard InChI is InChI=1S/C24H44N12O5/c1-13(2)9-18(22(40)41)36-21(39)17(6-4-8-32-24(28)29)35-20(38)16(5-3-7-31-23(26)27)34-19(37)15(25)10-14-11-30-12-33-14/h11-13,15-18H,3-10,25H2,1-2H3,(H,30,33)(H,34,37)(H,35,38)(H,36,39)(H,40,41)(H4,26,27,31)(H4,28,29,32). The number of aromatic nitrogens is 2. The molecule has 41 heavy (non-hydrogen) atoms. The van der Waals surface area contributed by atoms with Gasteiger partial charge in [0, 0.05) is 31.4 Å². The summed E-state index contributed by atoms with van der Waals surface area (Å²) < 4.78 is 0. The number of hydrogen-bond acceptors (Lipinski definition) is 8. The van der Waals surface area contributed by atoms with Crippen molar-refractivity contribution >= 4 is 35.6 Å². The number of rotatable bonds is 19. The number of carboxylic acids is 1. The number of aliphatic imine (C=N–C) groups is 2. The third-order valence-electron chi connectivity index (χ3n) is 5.81. The van der Waals surface area contributed by atoms with E-state index in [2.05, 4.69) is 35.9 Å². The Bertz CT molecular complexity index is 1040. The number of aliphatic carboxylic acids is 1. The topological polar surface area (TPSA) is 308 Å². The monoisotopic (exact) mass is 580 g/mol. The van der Waals surface area contributed by atoms with E-state index < -0.39 is 47.9 Å². The van der Waals surface area contributed by atoms with Gasteiger partial charge >= 0.3 is 5.97 Å². The first-order valence-electron chi connectivity index (χ1n) is 13.3. The molecule has 1 rings (SSSR count). The Morgan fingerprint density at radius 2 is 1.37 bits per heavy atom. The molecule has 0 fully saturated rings. The van der Waals surface area contributed by atoms with E-state index in [1.165, 1.54) is 12.5 Å². The minimum absolute atomic E-state index is 0.0120. The van der Waals surface area contributed by atoms with E-state index in [-0.39, 0.29) is 56.6 Å². The van der Waals surface area contributed by atoms with Crippen LogP contribution >= 0.6 is 0 Å². The first-order valence-corrected chi connectivity index (χ1v) is 13.3. The second kappa shape index (κ2) is 18.0. The van der Waals surface area contributed by atoms with Crippen LogP contribution in [-0.2, 0) is 25.6 Å². The number of imidazole rings is 1. The van der Waals surface area contributed by atoms with Gasteiger partial charge in [-0.05, 0) is 38.0 Å². The van der Waals surface area contributed by atoms with Crippen LogP contribution in [0.25, 0.3) is 0 Å².